The fraction of sp³-hybridized carbons (Fsp3) is 0.0400. The minimum absolute atomic E-state index is 0.127. The number of amides is 1. The van der Waals surface area contributed by atoms with Gasteiger partial charge in [-0.15, -0.1) is 0 Å². The number of fused-ring (bicyclic) bond motifs is 1. The summed E-state index contributed by atoms with van der Waals surface area (Å²) in [5.41, 5.74) is 5.80. The summed E-state index contributed by atoms with van der Waals surface area (Å²) in [6, 6.07) is 19.1. The maximum Gasteiger partial charge on any atom is 0.229 e. The van der Waals surface area contributed by atoms with Crippen LogP contribution in [0.15, 0.2) is 85.3 Å². The van der Waals surface area contributed by atoms with Crippen LogP contribution in [0.2, 0.25) is 0 Å². The molecule has 5 rings (SSSR count). The number of pyridine rings is 3. The second-order valence-corrected chi connectivity index (χ2v) is 7.27. The van der Waals surface area contributed by atoms with Gasteiger partial charge in [0.2, 0.25) is 5.91 Å². The minimum Gasteiger partial charge on any atom is -0.353 e. The molecule has 156 valence electrons. The lowest BCUT2D eigenvalue weighted by Gasteiger charge is -2.08. The van der Waals surface area contributed by atoms with Crippen molar-refractivity contribution in [2.24, 2.45) is 0 Å². The van der Waals surface area contributed by atoms with Gasteiger partial charge in [0.25, 0.3) is 0 Å². The molecule has 0 aliphatic heterocycles. The minimum atomic E-state index is -0.333. The molecule has 0 fully saturated rings. The molecule has 0 aliphatic carbocycles. The van der Waals surface area contributed by atoms with E-state index in [2.05, 4.69) is 25.3 Å². The zero-order valence-corrected chi connectivity index (χ0v) is 16.9. The summed E-state index contributed by atoms with van der Waals surface area (Å²) in [6.45, 7) is 0. The first-order chi connectivity index (χ1) is 15.7. The number of anilines is 1. The van der Waals surface area contributed by atoms with Crippen LogP contribution in [0.25, 0.3) is 33.5 Å². The summed E-state index contributed by atoms with van der Waals surface area (Å²) in [7, 11) is 0. The Morgan fingerprint density at radius 1 is 0.906 bits per heavy atom. The Labute approximate surface area is 183 Å². The average Bonchev–Trinajstić information content (AvgIpc) is 3.21. The van der Waals surface area contributed by atoms with Crippen LogP contribution in [0.5, 0.6) is 0 Å². The zero-order chi connectivity index (χ0) is 21.9. The highest BCUT2D eigenvalue weighted by Gasteiger charge is 2.17. The zero-order valence-electron chi connectivity index (χ0n) is 16.9. The lowest BCUT2D eigenvalue weighted by molar-refractivity contribution is -0.115. The van der Waals surface area contributed by atoms with E-state index >= 15 is 0 Å². The number of carbonyl (C=O) groups excluding carboxylic acids is 1. The Morgan fingerprint density at radius 3 is 2.56 bits per heavy atom. The van der Waals surface area contributed by atoms with Crippen LogP contribution in [0.4, 0.5) is 10.2 Å². The van der Waals surface area contributed by atoms with Crippen molar-refractivity contribution in [1.29, 1.82) is 0 Å². The molecule has 7 heteroatoms. The molecule has 1 aromatic carbocycles. The largest absolute Gasteiger partial charge is 0.353 e. The average molecular weight is 423 g/mol. The standard InChI is InChI=1S/C25H18FN5O/c26-18-8-6-16(7-9-18)14-22(32)31-21-15-17(10-13-28-21)24-23(19-4-1-2-11-27-19)25-20(30-24)5-3-12-29-25/h1-13,15,30H,14H2,(H,28,31,32). The van der Waals surface area contributed by atoms with Gasteiger partial charge < -0.3 is 10.3 Å². The summed E-state index contributed by atoms with van der Waals surface area (Å²) in [5, 5.41) is 2.82. The first kappa shape index (κ1) is 19.6. The van der Waals surface area contributed by atoms with Gasteiger partial charge in [-0.3, -0.25) is 14.8 Å². The third-order valence-corrected chi connectivity index (χ3v) is 5.07. The van der Waals surface area contributed by atoms with E-state index < -0.39 is 0 Å². The van der Waals surface area contributed by atoms with Crippen molar-refractivity contribution in [3.63, 3.8) is 0 Å². The van der Waals surface area contributed by atoms with Gasteiger partial charge in [-0.05, 0) is 54.1 Å². The molecule has 0 unspecified atom stereocenters. The lowest BCUT2D eigenvalue weighted by atomic mass is 10.0. The van der Waals surface area contributed by atoms with Crippen LogP contribution in [0.1, 0.15) is 5.56 Å². The maximum atomic E-state index is 13.1. The van der Waals surface area contributed by atoms with Crippen molar-refractivity contribution in [2.75, 3.05) is 5.32 Å². The maximum absolute atomic E-state index is 13.1. The third kappa shape index (κ3) is 3.96. The summed E-state index contributed by atoms with van der Waals surface area (Å²) in [4.78, 5) is 29.2. The summed E-state index contributed by atoms with van der Waals surface area (Å²) in [6.07, 6.45) is 5.26. The van der Waals surface area contributed by atoms with Gasteiger partial charge in [0.1, 0.15) is 11.6 Å². The van der Waals surface area contributed by atoms with Gasteiger partial charge >= 0.3 is 0 Å². The van der Waals surface area contributed by atoms with E-state index in [9.17, 15) is 9.18 Å². The number of nitrogens with zero attached hydrogens (tertiary/aromatic N) is 3. The topological polar surface area (TPSA) is 83.6 Å². The van der Waals surface area contributed by atoms with Crippen molar-refractivity contribution in [2.45, 2.75) is 6.42 Å². The molecule has 0 bridgehead atoms. The van der Waals surface area contributed by atoms with Crippen LogP contribution < -0.4 is 5.32 Å². The summed E-state index contributed by atoms with van der Waals surface area (Å²) < 4.78 is 13.1. The number of carbonyl (C=O) groups is 1. The van der Waals surface area contributed by atoms with E-state index in [1.807, 2.05) is 36.4 Å². The van der Waals surface area contributed by atoms with Crippen molar-refractivity contribution < 1.29 is 9.18 Å². The molecule has 0 saturated carbocycles. The van der Waals surface area contributed by atoms with Gasteiger partial charge in [0, 0.05) is 24.2 Å². The van der Waals surface area contributed by atoms with Crippen molar-refractivity contribution >= 4 is 22.8 Å². The molecule has 0 spiro atoms. The highest BCUT2D eigenvalue weighted by Crippen LogP contribution is 2.36. The molecule has 6 nitrogen and oxygen atoms in total. The number of aromatic nitrogens is 4. The molecule has 32 heavy (non-hydrogen) atoms. The Bertz CT molecular complexity index is 1400. The molecule has 5 aromatic rings. The SMILES string of the molecule is O=C(Cc1ccc(F)cc1)Nc1cc(-c2[nH]c3cccnc3c2-c2ccccn2)ccn1. The Balaban J connectivity index is 1.48. The summed E-state index contributed by atoms with van der Waals surface area (Å²) in [5.74, 6) is -0.141. The van der Waals surface area contributed by atoms with Gasteiger partial charge in [-0.1, -0.05) is 18.2 Å². The molecule has 1 amide bonds. The highest BCUT2D eigenvalue weighted by molar-refractivity contribution is 6.01. The monoisotopic (exact) mass is 423 g/mol. The summed E-state index contributed by atoms with van der Waals surface area (Å²) >= 11 is 0. The molecule has 4 heterocycles. The fourth-order valence-electron chi connectivity index (χ4n) is 3.63. The molecule has 2 N–H and O–H groups in total. The number of aromatic amines is 1. The number of hydrogen-bond acceptors (Lipinski definition) is 4. The predicted molar refractivity (Wildman–Crippen MR) is 121 cm³/mol. The Morgan fingerprint density at radius 2 is 1.75 bits per heavy atom. The second kappa shape index (κ2) is 8.39. The van der Waals surface area contributed by atoms with Crippen LogP contribution in [-0.2, 0) is 11.2 Å². The third-order valence-electron chi connectivity index (χ3n) is 5.07. The van der Waals surface area contributed by atoms with Crippen molar-refractivity contribution in [1.82, 2.24) is 19.9 Å². The van der Waals surface area contributed by atoms with Crippen LogP contribution in [0, 0.1) is 5.82 Å². The van der Waals surface area contributed by atoms with E-state index in [4.69, 9.17) is 0 Å². The first-order valence-corrected chi connectivity index (χ1v) is 10.1. The van der Waals surface area contributed by atoms with E-state index in [1.54, 1.807) is 36.8 Å². The fourth-order valence-corrected chi connectivity index (χ4v) is 3.63. The van der Waals surface area contributed by atoms with Crippen LogP contribution >= 0.6 is 0 Å². The molecule has 0 saturated heterocycles. The molecule has 0 atom stereocenters. The molecule has 0 aliphatic rings. The molecular formula is C25H18FN5O. The van der Waals surface area contributed by atoms with Gasteiger partial charge in [0.15, 0.2) is 0 Å². The van der Waals surface area contributed by atoms with Crippen LogP contribution in [0.3, 0.4) is 0 Å². The van der Waals surface area contributed by atoms with Gasteiger partial charge in [-0.25, -0.2) is 9.37 Å². The van der Waals surface area contributed by atoms with E-state index in [0.717, 1.165) is 39.1 Å². The smallest absolute Gasteiger partial charge is 0.229 e. The van der Waals surface area contributed by atoms with Gasteiger partial charge in [0.05, 0.1) is 34.4 Å². The van der Waals surface area contributed by atoms with Crippen molar-refractivity contribution in [3.8, 4) is 22.5 Å². The number of hydrogen-bond donors (Lipinski definition) is 2. The predicted octanol–water partition coefficient (Wildman–Crippen LogP) is 5.01. The molecule has 0 radical (unpaired) electrons. The quantitative estimate of drug-likeness (QED) is 0.416. The molecule has 4 aromatic heterocycles. The Kier molecular flexibility index (Phi) is 5.13. The van der Waals surface area contributed by atoms with Crippen molar-refractivity contribution in [3.05, 3.63) is 96.7 Å². The normalized spacial score (nSPS) is 10.9. The van der Waals surface area contributed by atoms with Crippen LogP contribution in [-0.4, -0.2) is 25.8 Å². The second-order valence-electron chi connectivity index (χ2n) is 7.27. The first-order valence-electron chi connectivity index (χ1n) is 10.1. The highest BCUT2D eigenvalue weighted by atomic mass is 19.1. The number of rotatable bonds is 5. The number of nitrogens with one attached hydrogen (secondary N) is 2. The van der Waals surface area contributed by atoms with E-state index in [0.29, 0.717) is 5.82 Å². The van der Waals surface area contributed by atoms with Gasteiger partial charge in [-0.2, -0.15) is 0 Å². The number of halogens is 1. The number of benzene rings is 1. The molecular weight excluding hydrogens is 405 g/mol. The number of H-pyrrole nitrogens is 1. The lowest BCUT2D eigenvalue weighted by Crippen LogP contribution is -2.15. The van der Waals surface area contributed by atoms with E-state index in [-0.39, 0.29) is 18.1 Å². The Hall–Kier alpha value is -4.39. The van der Waals surface area contributed by atoms with E-state index in [1.165, 1.54) is 12.1 Å².